The topological polar surface area (TPSA) is 99.7 Å². The molecule has 0 fully saturated rings. The molecule has 0 spiro atoms. The van der Waals surface area contributed by atoms with Crippen LogP contribution in [-0.2, 0) is 0 Å². The Hall–Kier alpha value is -3.35. The number of rotatable bonds is 7. The first-order valence-electron chi connectivity index (χ1n) is 9.65. The lowest BCUT2D eigenvalue weighted by Crippen LogP contribution is -2.15. The van der Waals surface area contributed by atoms with Gasteiger partial charge in [-0.05, 0) is 48.5 Å². The number of nitrogens with two attached hydrogens (primary N) is 1. The highest BCUT2D eigenvalue weighted by Crippen LogP contribution is 2.31. The van der Waals surface area contributed by atoms with Crippen molar-refractivity contribution in [1.29, 1.82) is 5.41 Å². The van der Waals surface area contributed by atoms with E-state index in [1.54, 1.807) is 18.2 Å². The van der Waals surface area contributed by atoms with Gasteiger partial charge in [0.25, 0.3) is 0 Å². The number of nitrogens with one attached hydrogen (secondary N) is 3. The number of halogens is 2. The summed E-state index contributed by atoms with van der Waals surface area (Å²) >= 11 is 12.4. The Morgan fingerprint density at radius 1 is 0.935 bits per heavy atom. The predicted octanol–water partition coefficient (Wildman–Crippen LogP) is 5.71. The van der Waals surface area contributed by atoms with Crippen molar-refractivity contribution in [3.05, 3.63) is 76.3 Å². The van der Waals surface area contributed by atoms with Crippen molar-refractivity contribution in [2.24, 2.45) is 0 Å². The molecule has 0 aliphatic heterocycles. The second-order valence-electron chi connectivity index (χ2n) is 6.88. The minimum Gasteiger partial charge on any atom is -0.398 e. The summed E-state index contributed by atoms with van der Waals surface area (Å²) in [5.74, 6) is 1.26. The zero-order valence-corrected chi connectivity index (χ0v) is 18.0. The van der Waals surface area contributed by atoms with E-state index in [1.165, 1.54) is 6.21 Å². The molecule has 8 heteroatoms. The maximum atomic E-state index is 7.43. The molecule has 156 valence electrons. The lowest BCUT2D eigenvalue weighted by Gasteiger charge is -2.13. The molecule has 1 aromatic heterocycles. The fourth-order valence-corrected chi connectivity index (χ4v) is 3.69. The molecule has 0 saturated carbocycles. The van der Waals surface area contributed by atoms with Gasteiger partial charge in [0.1, 0.15) is 5.82 Å². The molecule has 0 aliphatic rings. The van der Waals surface area contributed by atoms with Crippen LogP contribution in [0.2, 0.25) is 10.0 Å². The van der Waals surface area contributed by atoms with Gasteiger partial charge in [0.2, 0.25) is 0 Å². The van der Waals surface area contributed by atoms with E-state index in [4.69, 9.17) is 39.3 Å². The minimum atomic E-state index is 0.501. The number of anilines is 3. The van der Waals surface area contributed by atoms with Gasteiger partial charge in [-0.3, -0.25) is 0 Å². The summed E-state index contributed by atoms with van der Waals surface area (Å²) in [6.07, 6.45) is 1.25. The zero-order chi connectivity index (χ0) is 21.8. The summed E-state index contributed by atoms with van der Waals surface area (Å²) in [7, 11) is 0. The maximum absolute atomic E-state index is 7.43. The van der Waals surface area contributed by atoms with E-state index in [1.807, 2.05) is 42.5 Å². The molecule has 0 amide bonds. The number of benzene rings is 3. The zero-order valence-electron chi connectivity index (χ0n) is 16.5. The van der Waals surface area contributed by atoms with Gasteiger partial charge in [-0.25, -0.2) is 9.97 Å². The highest BCUT2D eigenvalue weighted by atomic mass is 35.5. The summed E-state index contributed by atoms with van der Waals surface area (Å²) in [5, 5.41) is 16.1. The number of hydrogen-bond acceptors (Lipinski definition) is 6. The Kier molecular flexibility index (Phi) is 6.21. The molecule has 31 heavy (non-hydrogen) atoms. The Morgan fingerprint density at radius 3 is 2.55 bits per heavy atom. The van der Waals surface area contributed by atoms with Gasteiger partial charge in [0, 0.05) is 52.2 Å². The highest BCUT2D eigenvalue weighted by molar-refractivity contribution is 6.36. The standard InChI is InChI=1S/C23H20Cl2N6/c24-15-5-7-17(19(25)12-15)23-30-21-4-2-1-3-18(21)22(31-23)29-10-9-28-16-6-8-20(27)14(11-16)13-26/h1-8,11-13,26,28H,9-10,27H2,(H,29,30,31). The first-order valence-corrected chi connectivity index (χ1v) is 10.4. The number of nitrogens with zero attached hydrogens (tertiary/aromatic N) is 2. The number of aromatic nitrogens is 2. The molecule has 1 heterocycles. The molecular formula is C23H20Cl2N6. The van der Waals surface area contributed by atoms with Crippen molar-refractivity contribution in [2.75, 3.05) is 29.5 Å². The van der Waals surface area contributed by atoms with Crippen molar-refractivity contribution in [1.82, 2.24) is 9.97 Å². The summed E-state index contributed by atoms with van der Waals surface area (Å²) in [6, 6.07) is 18.6. The molecule has 6 nitrogen and oxygen atoms in total. The second kappa shape index (κ2) is 9.20. The molecule has 0 radical (unpaired) electrons. The molecule has 0 saturated heterocycles. The van der Waals surface area contributed by atoms with E-state index in [-0.39, 0.29) is 0 Å². The van der Waals surface area contributed by atoms with Crippen LogP contribution in [-0.4, -0.2) is 29.3 Å². The Morgan fingerprint density at radius 2 is 1.74 bits per heavy atom. The van der Waals surface area contributed by atoms with Gasteiger partial charge < -0.3 is 21.8 Å². The average Bonchev–Trinajstić information content (AvgIpc) is 2.77. The van der Waals surface area contributed by atoms with E-state index in [0.717, 1.165) is 28.0 Å². The van der Waals surface area contributed by atoms with Gasteiger partial charge in [0.15, 0.2) is 5.82 Å². The summed E-state index contributed by atoms with van der Waals surface area (Å²) < 4.78 is 0. The molecule has 3 aromatic carbocycles. The molecule has 0 aliphatic carbocycles. The van der Waals surface area contributed by atoms with E-state index in [0.29, 0.717) is 40.2 Å². The number of para-hydroxylation sites is 1. The Balaban J connectivity index is 1.55. The van der Waals surface area contributed by atoms with Crippen LogP contribution < -0.4 is 16.4 Å². The first-order chi connectivity index (χ1) is 15.0. The summed E-state index contributed by atoms with van der Waals surface area (Å²) in [6.45, 7) is 1.27. The number of hydrogen-bond donors (Lipinski definition) is 4. The molecule has 0 atom stereocenters. The second-order valence-corrected chi connectivity index (χ2v) is 7.72. The monoisotopic (exact) mass is 450 g/mol. The van der Waals surface area contributed by atoms with E-state index < -0.39 is 0 Å². The van der Waals surface area contributed by atoms with Crippen LogP contribution in [0.3, 0.4) is 0 Å². The van der Waals surface area contributed by atoms with Crippen molar-refractivity contribution < 1.29 is 0 Å². The number of nitrogen functional groups attached to an aromatic ring is 1. The molecule has 5 N–H and O–H groups in total. The molecule has 4 rings (SSSR count). The van der Waals surface area contributed by atoms with Gasteiger partial charge in [0.05, 0.1) is 10.5 Å². The van der Waals surface area contributed by atoms with Crippen molar-refractivity contribution >= 4 is 57.5 Å². The third kappa shape index (κ3) is 4.71. The fraction of sp³-hybridized carbons (Fsp3) is 0.0870. The third-order valence-electron chi connectivity index (χ3n) is 4.76. The van der Waals surface area contributed by atoms with Crippen LogP contribution in [0.1, 0.15) is 5.56 Å². The van der Waals surface area contributed by atoms with Gasteiger partial charge >= 0.3 is 0 Å². The molecular weight excluding hydrogens is 431 g/mol. The maximum Gasteiger partial charge on any atom is 0.163 e. The predicted molar refractivity (Wildman–Crippen MR) is 131 cm³/mol. The van der Waals surface area contributed by atoms with Crippen LogP contribution in [0.15, 0.2) is 60.7 Å². The van der Waals surface area contributed by atoms with Gasteiger partial charge in [-0.2, -0.15) is 0 Å². The minimum absolute atomic E-state index is 0.501. The van der Waals surface area contributed by atoms with Crippen LogP contribution in [0.25, 0.3) is 22.3 Å². The highest BCUT2D eigenvalue weighted by Gasteiger charge is 2.12. The molecule has 0 unspecified atom stereocenters. The van der Waals surface area contributed by atoms with E-state index >= 15 is 0 Å². The van der Waals surface area contributed by atoms with Crippen molar-refractivity contribution in [3.8, 4) is 11.4 Å². The fourth-order valence-electron chi connectivity index (χ4n) is 3.20. The third-order valence-corrected chi connectivity index (χ3v) is 5.31. The smallest absolute Gasteiger partial charge is 0.163 e. The van der Waals surface area contributed by atoms with Crippen LogP contribution in [0, 0.1) is 5.41 Å². The number of fused-ring (bicyclic) bond motifs is 1. The Bertz CT molecular complexity index is 1260. The summed E-state index contributed by atoms with van der Waals surface area (Å²) in [5.41, 5.74) is 9.55. The van der Waals surface area contributed by atoms with E-state index in [9.17, 15) is 0 Å². The van der Waals surface area contributed by atoms with Crippen LogP contribution in [0.5, 0.6) is 0 Å². The quantitative estimate of drug-likeness (QED) is 0.164. The summed E-state index contributed by atoms with van der Waals surface area (Å²) in [4.78, 5) is 9.39. The largest absolute Gasteiger partial charge is 0.398 e. The molecule has 4 aromatic rings. The lowest BCUT2D eigenvalue weighted by molar-refractivity contribution is 1.06. The van der Waals surface area contributed by atoms with Crippen LogP contribution >= 0.6 is 23.2 Å². The molecule has 0 bridgehead atoms. The lowest BCUT2D eigenvalue weighted by atomic mass is 10.1. The van der Waals surface area contributed by atoms with Crippen molar-refractivity contribution in [3.63, 3.8) is 0 Å². The van der Waals surface area contributed by atoms with Gasteiger partial charge in [-0.15, -0.1) is 0 Å². The normalized spacial score (nSPS) is 10.8. The Labute approximate surface area is 189 Å². The first kappa shape index (κ1) is 20.9. The van der Waals surface area contributed by atoms with Gasteiger partial charge in [-0.1, -0.05) is 35.3 Å². The van der Waals surface area contributed by atoms with E-state index in [2.05, 4.69) is 15.6 Å². The van der Waals surface area contributed by atoms with Crippen LogP contribution in [0.4, 0.5) is 17.2 Å². The van der Waals surface area contributed by atoms with Crippen molar-refractivity contribution in [2.45, 2.75) is 0 Å². The SMILES string of the molecule is N=Cc1cc(NCCNc2nc(-c3ccc(Cl)cc3Cl)nc3ccccc23)ccc1N. The average molecular weight is 451 g/mol.